The van der Waals surface area contributed by atoms with Gasteiger partial charge in [0.25, 0.3) is 0 Å². The number of allylic oxidation sites excluding steroid dienone is 3. The zero-order valence-corrected chi connectivity index (χ0v) is 11.0. The van der Waals surface area contributed by atoms with Gasteiger partial charge in [0.2, 0.25) is 0 Å². The molecule has 0 unspecified atom stereocenters. The van der Waals surface area contributed by atoms with Crippen LogP contribution < -0.4 is 5.32 Å². The van der Waals surface area contributed by atoms with Crippen LogP contribution in [0.25, 0.3) is 0 Å². The zero-order chi connectivity index (χ0) is 12.3. The Labute approximate surface area is 98.8 Å². The molecule has 0 saturated heterocycles. The number of likely N-dealkylation sites (N-methyl/N-ethyl adjacent to an activating group) is 1. The van der Waals surface area contributed by atoms with E-state index in [1.54, 1.807) is 6.08 Å². The summed E-state index contributed by atoms with van der Waals surface area (Å²) in [7, 11) is 1.95. The smallest absolute Gasteiger partial charge is 0.156 e. The van der Waals surface area contributed by atoms with Gasteiger partial charge >= 0.3 is 0 Å². The predicted octanol–water partition coefficient (Wildman–Crippen LogP) is 2.71. The van der Waals surface area contributed by atoms with Gasteiger partial charge in [-0.2, -0.15) is 0 Å². The highest BCUT2D eigenvalue weighted by Gasteiger charge is 2.34. The SMILES string of the molecule is CN[C@@H](C)C=C[C@@H]1C(C)=CC(=O)CC1(C)C. The summed E-state index contributed by atoms with van der Waals surface area (Å²) in [5, 5.41) is 3.18. The van der Waals surface area contributed by atoms with Gasteiger partial charge in [-0.05, 0) is 32.4 Å². The first-order valence-corrected chi connectivity index (χ1v) is 5.93. The fraction of sp³-hybridized carbons (Fsp3) is 0.643. The van der Waals surface area contributed by atoms with Gasteiger partial charge in [0, 0.05) is 18.4 Å². The Bertz CT molecular complexity index is 326. The van der Waals surface area contributed by atoms with Crippen molar-refractivity contribution in [2.75, 3.05) is 7.05 Å². The fourth-order valence-electron chi connectivity index (χ4n) is 2.36. The average molecular weight is 221 g/mol. The molecule has 0 spiro atoms. The third-order valence-corrected chi connectivity index (χ3v) is 3.40. The Morgan fingerprint density at radius 3 is 2.69 bits per heavy atom. The molecule has 0 aromatic heterocycles. The second-order valence-electron chi connectivity index (χ2n) is 5.46. The average Bonchev–Trinajstić information content (AvgIpc) is 2.14. The summed E-state index contributed by atoms with van der Waals surface area (Å²) >= 11 is 0. The molecule has 0 fully saturated rings. The maximum absolute atomic E-state index is 11.5. The van der Waals surface area contributed by atoms with Crippen molar-refractivity contribution < 1.29 is 4.79 Å². The van der Waals surface area contributed by atoms with Crippen LogP contribution in [-0.2, 0) is 4.79 Å². The molecule has 1 aliphatic carbocycles. The van der Waals surface area contributed by atoms with Crippen molar-refractivity contribution in [2.24, 2.45) is 11.3 Å². The molecule has 0 amide bonds. The van der Waals surface area contributed by atoms with Crippen LogP contribution in [0, 0.1) is 11.3 Å². The van der Waals surface area contributed by atoms with Crippen LogP contribution in [0.1, 0.15) is 34.1 Å². The quantitative estimate of drug-likeness (QED) is 0.742. The van der Waals surface area contributed by atoms with Crippen molar-refractivity contribution >= 4 is 5.78 Å². The Balaban J connectivity index is 2.88. The molecule has 90 valence electrons. The summed E-state index contributed by atoms with van der Waals surface area (Å²) < 4.78 is 0. The molecule has 0 heterocycles. The van der Waals surface area contributed by atoms with Crippen LogP contribution in [0.3, 0.4) is 0 Å². The van der Waals surface area contributed by atoms with Crippen LogP contribution in [0.2, 0.25) is 0 Å². The number of nitrogens with one attached hydrogen (secondary N) is 1. The van der Waals surface area contributed by atoms with Crippen molar-refractivity contribution in [3.63, 3.8) is 0 Å². The van der Waals surface area contributed by atoms with Crippen LogP contribution in [-0.4, -0.2) is 18.9 Å². The van der Waals surface area contributed by atoms with Gasteiger partial charge in [0.05, 0.1) is 0 Å². The molecule has 2 nitrogen and oxygen atoms in total. The standard InChI is InChI=1S/C14H23NO/c1-10-8-12(16)9-14(3,4)13(10)7-6-11(2)15-5/h6-8,11,13,15H,9H2,1-5H3/t11-,13+/m0/s1. The van der Waals surface area contributed by atoms with Crippen molar-refractivity contribution in [1.82, 2.24) is 5.32 Å². The van der Waals surface area contributed by atoms with Crippen molar-refractivity contribution in [1.29, 1.82) is 0 Å². The molecular weight excluding hydrogens is 198 g/mol. The molecule has 0 aromatic rings. The minimum atomic E-state index is 0.0415. The molecule has 0 aliphatic heterocycles. The minimum absolute atomic E-state index is 0.0415. The molecule has 1 N–H and O–H groups in total. The van der Waals surface area contributed by atoms with Crippen LogP contribution in [0.5, 0.6) is 0 Å². The van der Waals surface area contributed by atoms with Crippen molar-refractivity contribution in [2.45, 2.75) is 40.2 Å². The van der Waals surface area contributed by atoms with E-state index < -0.39 is 0 Å². The molecule has 2 heteroatoms. The van der Waals surface area contributed by atoms with E-state index in [1.807, 2.05) is 7.05 Å². The first-order chi connectivity index (χ1) is 7.36. The molecule has 16 heavy (non-hydrogen) atoms. The first kappa shape index (κ1) is 13.2. The normalized spacial score (nSPS) is 26.9. The Kier molecular flexibility index (Phi) is 4.09. The van der Waals surface area contributed by atoms with Gasteiger partial charge in [0.15, 0.2) is 5.78 Å². The lowest BCUT2D eigenvalue weighted by molar-refractivity contribution is -0.117. The topological polar surface area (TPSA) is 29.1 Å². The lowest BCUT2D eigenvalue weighted by atomic mass is 9.68. The number of hydrogen-bond acceptors (Lipinski definition) is 2. The van der Waals surface area contributed by atoms with E-state index in [-0.39, 0.29) is 11.2 Å². The third-order valence-electron chi connectivity index (χ3n) is 3.40. The Morgan fingerprint density at radius 1 is 1.56 bits per heavy atom. The van der Waals surface area contributed by atoms with Crippen LogP contribution in [0.15, 0.2) is 23.8 Å². The van der Waals surface area contributed by atoms with E-state index in [0.29, 0.717) is 18.4 Å². The largest absolute Gasteiger partial charge is 0.314 e. The summed E-state index contributed by atoms with van der Waals surface area (Å²) in [6.07, 6.45) is 6.86. The van der Waals surface area contributed by atoms with Crippen molar-refractivity contribution in [3.05, 3.63) is 23.8 Å². The summed E-state index contributed by atoms with van der Waals surface area (Å²) in [5.74, 6) is 0.634. The van der Waals surface area contributed by atoms with Crippen LogP contribution in [0.4, 0.5) is 0 Å². The molecule has 0 radical (unpaired) electrons. The maximum atomic E-state index is 11.5. The van der Waals surface area contributed by atoms with E-state index in [9.17, 15) is 4.79 Å². The molecule has 2 atom stereocenters. The highest BCUT2D eigenvalue weighted by molar-refractivity contribution is 5.92. The van der Waals surface area contributed by atoms with E-state index in [1.165, 1.54) is 5.57 Å². The van der Waals surface area contributed by atoms with Gasteiger partial charge in [-0.15, -0.1) is 0 Å². The summed E-state index contributed by atoms with van der Waals surface area (Å²) in [5.41, 5.74) is 1.22. The van der Waals surface area contributed by atoms with Crippen LogP contribution >= 0.6 is 0 Å². The molecule has 1 aliphatic rings. The maximum Gasteiger partial charge on any atom is 0.156 e. The molecule has 0 bridgehead atoms. The Hall–Kier alpha value is -0.890. The van der Waals surface area contributed by atoms with Gasteiger partial charge in [-0.3, -0.25) is 4.79 Å². The third kappa shape index (κ3) is 3.05. The number of carbonyl (C=O) groups excluding carboxylic acids is 1. The monoisotopic (exact) mass is 221 g/mol. The van der Waals surface area contributed by atoms with Gasteiger partial charge < -0.3 is 5.32 Å². The first-order valence-electron chi connectivity index (χ1n) is 5.93. The minimum Gasteiger partial charge on any atom is -0.314 e. The Morgan fingerprint density at radius 2 is 2.19 bits per heavy atom. The zero-order valence-electron chi connectivity index (χ0n) is 11.0. The second-order valence-corrected chi connectivity index (χ2v) is 5.46. The molecule has 0 saturated carbocycles. The number of carbonyl (C=O) groups is 1. The molecule has 0 aromatic carbocycles. The van der Waals surface area contributed by atoms with E-state index in [0.717, 1.165) is 0 Å². The second kappa shape index (κ2) is 4.96. The number of ketones is 1. The van der Waals surface area contributed by atoms with E-state index >= 15 is 0 Å². The highest BCUT2D eigenvalue weighted by atomic mass is 16.1. The number of hydrogen-bond donors (Lipinski definition) is 1. The number of rotatable bonds is 3. The predicted molar refractivity (Wildman–Crippen MR) is 68.3 cm³/mol. The lowest BCUT2D eigenvalue weighted by Crippen LogP contribution is -2.31. The van der Waals surface area contributed by atoms with Gasteiger partial charge in [0.1, 0.15) is 0 Å². The summed E-state index contributed by atoms with van der Waals surface area (Å²) in [4.78, 5) is 11.5. The summed E-state index contributed by atoms with van der Waals surface area (Å²) in [6.45, 7) is 8.51. The van der Waals surface area contributed by atoms with E-state index in [4.69, 9.17) is 0 Å². The lowest BCUT2D eigenvalue weighted by Gasteiger charge is -2.36. The van der Waals surface area contributed by atoms with Crippen molar-refractivity contribution in [3.8, 4) is 0 Å². The van der Waals surface area contributed by atoms with Gasteiger partial charge in [-0.1, -0.05) is 31.6 Å². The fourth-order valence-corrected chi connectivity index (χ4v) is 2.36. The molecule has 1 rings (SSSR count). The highest BCUT2D eigenvalue weighted by Crippen LogP contribution is 2.40. The van der Waals surface area contributed by atoms with E-state index in [2.05, 4.69) is 45.2 Å². The molecular formula is C14H23NO. The summed E-state index contributed by atoms with van der Waals surface area (Å²) in [6, 6.07) is 0.376. The van der Waals surface area contributed by atoms with Gasteiger partial charge in [-0.25, -0.2) is 0 Å².